The number of benzene rings is 1. The Labute approximate surface area is 140 Å². The Bertz CT molecular complexity index is 692. The van der Waals surface area contributed by atoms with E-state index in [9.17, 15) is 13.2 Å². The molecule has 0 saturated heterocycles. The minimum atomic E-state index is -4.57. The monoisotopic (exact) mass is 389 g/mol. The van der Waals surface area contributed by atoms with Crippen molar-refractivity contribution in [3.8, 4) is 5.88 Å². The summed E-state index contributed by atoms with van der Waals surface area (Å²) in [6.45, 7) is 3.28. The minimum Gasteiger partial charge on any atom is -0.474 e. The lowest BCUT2D eigenvalue weighted by atomic mass is 10.3. The highest BCUT2D eigenvalue weighted by Crippen LogP contribution is 2.37. The Hall–Kier alpha value is -1.83. The molecule has 0 spiro atoms. The number of hydrogen-bond acceptors (Lipinski definition) is 4. The van der Waals surface area contributed by atoms with Crippen LogP contribution in [-0.4, -0.2) is 23.1 Å². The van der Waals surface area contributed by atoms with Crippen molar-refractivity contribution in [3.05, 3.63) is 40.5 Å². The second kappa shape index (κ2) is 6.74. The van der Waals surface area contributed by atoms with Crippen LogP contribution in [0.5, 0.6) is 5.88 Å². The van der Waals surface area contributed by atoms with Crippen molar-refractivity contribution in [2.24, 2.45) is 0 Å². The molecule has 1 aromatic heterocycles. The van der Waals surface area contributed by atoms with Crippen LogP contribution in [0, 0.1) is 0 Å². The molecule has 0 N–H and O–H groups in total. The lowest BCUT2D eigenvalue weighted by Gasteiger charge is -2.21. The van der Waals surface area contributed by atoms with E-state index in [-0.39, 0.29) is 5.95 Å². The SMILES string of the molecule is CC(C)Oc1nc(N(C)c2ccccc2Br)ncc1C(F)(F)F. The first kappa shape index (κ1) is 17.5. The first-order chi connectivity index (χ1) is 10.7. The van der Waals surface area contributed by atoms with E-state index in [4.69, 9.17) is 4.74 Å². The lowest BCUT2D eigenvalue weighted by molar-refractivity contribution is -0.139. The van der Waals surface area contributed by atoms with E-state index >= 15 is 0 Å². The normalized spacial score (nSPS) is 11.7. The standard InChI is InChI=1S/C15H15BrF3N3O/c1-9(2)23-13-10(15(17,18)19)8-20-14(21-13)22(3)12-7-5-4-6-11(12)16/h4-9H,1-3H3. The Morgan fingerprint density at radius 3 is 2.43 bits per heavy atom. The van der Waals surface area contributed by atoms with Crippen molar-refractivity contribution in [2.45, 2.75) is 26.1 Å². The zero-order valence-corrected chi connectivity index (χ0v) is 14.3. The molecule has 4 nitrogen and oxygen atoms in total. The third kappa shape index (κ3) is 4.13. The van der Waals surface area contributed by atoms with Gasteiger partial charge in [-0.2, -0.15) is 18.2 Å². The van der Waals surface area contributed by atoms with Gasteiger partial charge in [-0.15, -0.1) is 0 Å². The summed E-state index contributed by atoms with van der Waals surface area (Å²) in [6, 6.07) is 7.27. The van der Waals surface area contributed by atoms with Crippen molar-refractivity contribution in [3.63, 3.8) is 0 Å². The van der Waals surface area contributed by atoms with Gasteiger partial charge in [0.05, 0.1) is 11.8 Å². The summed E-state index contributed by atoms with van der Waals surface area (Å²) in [5.74, 6) is -0.364. The maximum absolute atomic E-state index is 13.0. The van der Waals surface area contributed by atoms with Gasteiger partial charge in [0.25, 0.3) is 0 Å². The molecule has 0 atom stereocenters. The van der Waals surface area contributed by atoms with E-state index in [2.05, 4.69) is 25.9 Å². The largest absolute Gasteiger partial charge is 0.474 e. The van der Waals surface area contributed by atoms with Gasteiger partial charge in [-0.3, -0.25) is 0 Å². The maximum Gasteiger partial charge on any atom is 0.423 e. The molecule has 23 heavy (non-hydrogen) atoms. The highest BCUT2D eigenvalue weighted by atomic mass is 79.9. The van der Waals surface area contributed by atoms with Gasteiger partial charge in [-0.05, 0) is 41.9 Å². The molecular weight excluding hydrogens is 375 g/mol. The van der Waals surface area contributed by atoms with Gasteiger partial charge in [0.2, 0.25) is 11.8 Å². The van der Waals surface area contributed by atoms with Crippen molar-refractivity contribution in [2.75, 3.05) is 11.9 Å². The molecule has 0 fully saturated rings. The first-order valence-corrected chi connectivity index (χ1v) is 7.58. The van der Waals surface area contributed by atoms with Crippen molar-refractivity contribution in [1.82, 2.24) is 9.97 Å². The van der Waals surface area contributed by atoms with Gasteiger partial charge < -0.3 is 9.64 Å². The molecule has 124 valence electrons. The summed E-state index contributed by atoms with van der Waals surface area (Å²) in [5, 5.41) is 0. The van der Waals surface area contributed by atoms with Crippen molar-refractivity contribution in [1.29, 1.82) is 0 Å². The Balaban J connectivity index is 2.46. The summed E-state index contributed by atoms with van der Waals surface area (Å²) in [7, 11) is 1.67. The van der Waals surface area contributed by atoms with E-state index in [0.717, 1.165) is 16.4 Å². The lowest BCUT2D eigenvalue weighted by Crippen LogP contribution is -2.19. The fraction of sp³-hybridized carbons (Fsp3) is 0.333. The van der Waals surface area contributed by atoms with Crippen molar-refractivity contribution < 1.29 is 17.9 Å². The average Bonchev–Trinajstić information content (AvgIpc) is 2.45. The molecule has 0 radical (unpaired) electrons. The van der Waals surface area contributed by atoms with Crippen LogP contribution < -0.4 is 9.64 Å². The number of anilines is 2. The topological polar surface area (TPSA) is 38.2 Å². The van der Waals surface area contributed by atoms with Gasteiger partial charge in [0, 0.05) is 17.7 Å². The summed E-state index contributed by atoms with van der Waals surface area (Å²) < 4.78 is 45.1. The number of hydrogen-bond donors (Lipinski definition) is 0. The molecule has 0 aliphatic carbocycles. The predicted molar refractivity (Wildman–Crippen MR) is 85.0 cm³/mol. The van der Waals surface area contributed by atoms with Crippen LogP contribution in [0.1, 0.15) is 19.4 Å². The molecular formula is C15H15BrF3N3O. The third-order valence-corrected chi connectivity index (χ3v) is 3.58. The summed E-state index contributed by atoms with van der Waals surface area (Å²) in [5.41, 5.74) is -0.266. The zero-order chi connectivity index (χ0) is 17.2. The second-order valence-corrected chi connectivity index (χ2v) is 5.92. The van der Waals surface area contributed by atoms with Crippen LogP contribution in [0.25, 0.3) is 0 Å². The molecule has 0 bridgehead atoms. The van der Waals surface area contributed by atoms with Crippen LogP contribution in [0.15, 0.2) is 34.9 Å². The number of nitrogens with zero attached hydrogens (tertiary/aromatic N) is 3. The number of para-hydroxylation sites is 1. The fourth-order valence-electron chi connectivity index (χ4n) is 1.86. The Morgan fingerprint density at radius 1 is 1.22 bits per heavy atom. The van der Waals surface area contributed by atoms with Gasteiger partial charge in [-0.1, -0.05) is 12.1 Å². The summed E-state index contributed by atoms with van der Waals surface area (Å²) >= 11 is 3.39. The molecule has 2 rings (SSSR count). The molecule has 8 heteroatoms. The quantitative estimate of drug-likeness (QED) is 0.751. The average molecular weight is 390 g/mol. The molecule has 1 aromatic carbocycles. The van der Waals surface area contributed by atoms with Gasteiger partial charge in [-0.25, -0.2) is 4.98 Å². The summed E-state index contributed by atoms with van der Waals surface area (Å²) in [4.78, 5) is 9.35. The number of halogens is 4. The minimum absolute atomic E-state index is 0.112. The van der Waals surface area contributed by atoms with Gasteiger partial charge in [0.15, 0.2) is 0 Å². The van der Waals surface area contributed by atoms with Crippen molar-refractivity contribution >= 4 is 27.6 Å². The Morgan fingerprint density at radius 2 is 1.87 bits per heavy atom. The van der Waals surface area contributed by atoms with E-state index < -0.39 is 23.7 Å². The van der Waals surface area contributed by atoms with Gasteiger partial charge in [0.1, 0.15) is 5.56 Å². The smallest absolute Gasteiger partial charge is 0.423 e. The molecule has 0 saturated carbocycles. The van der Waals surface area contributed by atoms with E-state index in [0.29, 0.717) is 0 Å². The molecule has 0 amide bonds. The van der Waals surface area contributed by atoms with Crippen LogP contribution >= 0.6 is 15.9 Å². The zero-order valence-electron chi connectivity index (χ0n) is 12.7. The van der Waals surface area contributed by atoms with Crippen LogP contribution in [0.4, 0.5) is 24.8 Å². The van der Waals surface area contributed by atoms with E-state index in [1.165, 1.54) is 0 Å². The van der Waals surface area contributed by atoms with Gasteiger partial charge >= 0.3 is 6.18 Å². The van der Waals surface area contributed by atoms with E-state index in [1.54, 1.807) is 31.9 Å². The van der Waals surface area contributed by atoms with Crippen LogP contribution in [-0.2, 0) is 6.18 Å². The molecule has 2 aromatic rings. The third-order valence-electron chi connectivity index (χ3n) is 2.91. The second-order valence-electron chi connectivity index (χ2n) is 5.06. The molecule has 0 unspecified atom stereocenters. The first-order valence-electron chi connectivity index (χ1n) is 6.79. The predicted octanol–water partition coefficient (Wildman–Crippen LogP) is 4.81. The highest BCUT2D eigenvalue weighted by Gasteiger charge is 2.36. The molecule has 1 heterocycles. The molecule has 0 aliphatic rings. The Kier molecular flexibility index (Phi) is 5.13. The molecule has 0 aliphatic heterocycles. The van der Waals surface area contributed by atoms with Crippen LogP contribution in [0.2, 0.25) is 0 Å². The number of ether oxygens (including phenoxy) is 1. The van der Waals surface area contributed by atoms with E-state index in [1.807, 2.05) is 18.2 Å². The fourth-order valence-corrected chi connectivity index (χ4v) is 2.41. The highest BCUT2D eigenvalue weighted by molar-refractivity contribution is 9.10. The number of aromatic nitrogens is 2. The number of alkyl halides is 3. The van der Waals surface area contributed by atoms with Crippen LogP contribution in [0.3, 0.4) is 0 Å². The maximum atomic E-state index is 13.0. The summed E-state index contributed by atoms with van der Waals surface area (Å²) in [6.07, 6.45) is -4.27. The number of rotatable bonds is 4.